The van der Waals surface area contributed by atoms with Crippen LogP contribution in [0.25, 0.3) is 17.0 Å². The van der Waals surface area contributed by atoms with E-state index in [0.717, 1.165) is 40.8 Å². The number of esters is 1. The van der Waals surface area contributed by atoms with Crippen molar-refractivity contribution >= 4 is 28.7 Å². The first kappa shape index (κ1) is 22.1. The molecule has 0 atom stereocenters. The predicted octanol–water partition coefficient (Wildman–Crippen LogP) is 4.97. The highest BCUT2D eigenvalue weighted by Gasteiger charge is 2.18. The number of nitrogens with zero attached hydrogens (tertiary/aromatic N) is 2. The SMILES string of the molecule is Cc1cc(/C=C(/C#N)C(=O)OCC(=O)c2c[nH]c3ccccc23)c(C)n1CCC(C)C. The Balaban J connectivity index is 1.72. The van der Waals surface area contributed by atoms with E-state index in [4.69, 9.17) is 4.74 Å². The zero-order chi connectivity index (χ0) is 22.5. The average Bonchev–Trinajstić information content (AvgIpc) is 3.29. The maximum atomic E-state index is 12.5. The molecule has 0 bridgehead atoms. The molecule has 6 nitrogen and oxygen atoms in total. The van der Waals surface area contributed by atoms with Gasteiger partial charge in [0.2, 0.25) is 5.78 Å². The number of ketones is 1. The number of nitriles is 1. The second-order valence-electron chi connectivity index (χ2n) is 8.08. The van der Waals surface area contributed by atoms with Crippen LogP contribution in [0, 0.1) is 31.1 Å². The largest absolute Gasteiger partial charge is 0.453 e. The molecular weight excluding hydrogens is 390 g/mol. The van der Waals surface area contributed by atoms with Gasteiger partial charge in [-0.15, -0.1) is 0 Å². The van der Waals surface area contributed by atoms with Crippen molar-refractivity contribution in [2.75, 3.05) is 6.61 Å². The number of rotatable bonds is 8. The highest BCUT2D eigenvalue weighted by atomic mass is 16.5. The summed E-state index contributed by atoms with van der Waals surface area (Å²) in [6.45, 7) is 8.80. The Morgan fingerprint density at radius 3 is 2.71 bits per heavy atom. The zero-order valence-electron chi connectivity index (χ0n) is 18.4. The van der Waals surface area contributed by atoms with Gasteiger partial charge in [0, 0.05) is 40.6 Å². The molecule has 0 unspecified atom stereocenters. The first-order chi connectivity index (χ1) is 14.8. The maximum Gasteiger partial charge on any atom is 0.349 e. The van der Waals surface area contributed by atoms with Gasteiger partial charge >= 0.3 is 5.97 Å². The van der Waals surface area contributed by atoms with Crippen LogP contribution in [-0.2, 0) is 16.1 Å². The number of fused-ring (bicyclic) bond motifs is 1. The van der Waals surface area contributed by atoms with Crippen LogP contribution in [0.3, 0.4) is 0 Å². The second kappa shape index (κ2) is 9.48. The molecule has 0 fully saturated rings. The Hall–Kier alpha value is -3.59. The summed E-state index contributed by atoms with van der Waals surface area (Å²) in [4.78, 5) is 28.0. The molecule has 0 aliphatic carbocycles. The van der Waals surface area contributed by atoms with Crippen molar-refractivity contribution < 1.29 is 14.3 Å². The summed E-state index contributed by atoms with van der Waals surface area (Å²) in [5.41, 5.74) is 4.04. The van der Waals surface area contributed by atoms with E-state index in [1.807, 2.05) is 50.2 Å². The molecule has 31 heavy (non-hydrogen) atoms. The molecular formula is C25H27N3O3. The fraction of sp³-hybridized carbons (Fsp3) is 0.320. The van der Waals surface area contributed by atoms with Gasteiger partial charge in [-0.1, -0.05) is 32.0 Å². The first-order valence-electron chi connectivity index (χ1n) is 10.4. The molecule has 3 rings (SSSR count). The summed E-state index contributed by atoms with van der Waals surface area (Å²) in [6, 6.07) is 11.3. The van der Waals surface area contributed by atoms with E-state index in [9.17, 15) is 14.9 Å². The minimum absolute atomic E-state index is 0.129. The average molecular weight is 418 g/mol. The van der Waals surface area contributed by atoms with Gasteiger partial charge in [-0.05, 0) is 50.0 Å². The van der Waals surface area contributed by atoms with Gasteiger partial charge in [0.15, 0.2) is 6.61 Å². The van der Waals surface area contributed by atoms with Crippen LogP contribution in [0.2, 0.25) is 0 Å². The van der Waals surface area contributed by atoms with E-state index >= 15 is 0 Å². The smallest absolute Gasteiger partial charge is 0.349 e. The first-order valence-corrected chi connectivity index (χ1v) is 10.4. The van der Waals surface area contributed by atoms with E-state index in [1.165, 1.54) is 6.08 Å². The minimum Gasteiger partial charge on any atom is -0.453 e. The molecule has 0 aliphatic heterocycles. The number of carbonyl (C=O) groups is 2. The molecule has 1 aromatic carbocycles. The number of carbonyl (C=O) groups excluding carboxylic acids is 2. The summed E-state index contributed by atoms with van der Waals surface area (Å²) < 4.78 is 7.34. The summed E-state index contributed by atoms with van der Waals surface area (Å²) in [5, 5.41) is 10.2. The number of aromatic amines is 1. The summed E-state index contributed by atoms with van der Waals surface area (Å²) >= 11 is 0. The third-order valence-corrected chi connectivity index (χ3v) is 5.41. The molecule has 160 valence electrons. The number of Topliss-reactive ketones (excluding diaryl/α,β-unsaturated/α-hetero) is 1. The van der Waals surface area contributed by atoms with E-state index in [1.54, 1.807) is 6.20 Å². The van der Waals surface area contributed by atoms with Crippen LogP contribution in [0.1, 0.15) is 47.6 Å². The lowest BCUT2D eigenvalue weighted by atomic mass is 10.1. The molecule has 3 aromatic rings. The van der Waals surface area contributed by atoms with Crippen molar-refractivity contribution in [3.63, 3.8) is 0 Å². The van der Waals surface area contributed by atoms with Crippen LogP contribution in [0.4, 0.5) is 0 Å². The Morgan fingerprint density at radius 1 is 1.26 bits per heavy atom. The number of nitrogens with one attached hydrogen (secondary N) is 1. The van der Waals surface area contributed by atoms with Crippen molar-refractivity contribution in [2.45, 2.75) is 40.7 Å². The number of aryl methyl sites for hydroxylation is 1. The number of para-hydroxylation sites is 1. The quantitative estimate of drug-likeness (QED) is 0.243. The Bertz CT molecular complexity index is 1190. The highest BCUT2D eigenvalue weighted by Crippen LogP contribution is 2.21. The molecule has 0 saturated carbocycles. The standard InChI is InChI=1S/C25H27N3O3/c1-16(2)9-10-28-17(3)11-19(18(28)4)12-20(13-26)25(30)31-15-24(29)22-14-27-23-8-6-5-7-21(22)23/h5-8,11-12,14,16,27H,9-10,15H2,1-4H3/b20-12-. The Labute approximate surface area is 182 Å². The van der Waals surface area contributed by atoms with E-state index in [0.29, 0.717) is 11.5 Å². The van der Waals surface area contributed by atoms with Gasteiger partial charge in [0.05, 0.1) is 0 Å². The van der Waals surface area contributed by atoms with Crippen molar-refractivity contribution in [1.29, 1.82) is 5.26 Å². The van der Waals surface area contributed by atoms with Gasteiger partial charge in [-0.25, -0.2) is 4.79 Å². The van der Waals surface area contributed by atoms with Gasteiger partial charge in [-0.2, -0.15) is 5.26 Å². The van der Waals surface area contributed by atoms with Crippen molar-refractivity contribution in [3.8, 4) is 6.07 Å². The lowest BCUT2D eigenvalue weighted by Gasteiger charge is -2.11. The van der Waals surface area contributed by atoms with Gasteiger partial charge in [0.25, 0.3) is 0 Å². The second-order valence-corrected chi connectivity index (χ2v) is 8.08. The molecule has 0 radical (unpaired) electrons. The number of benzene rings is 1. The fourth-order valence-electron chi connectivity index (χ4n) is 3.59. The van der Waals surface area contributed by atoms with Crippen LogP contribution in [-0.4, -0.2) is 27.9 Å². The topological polar surface area (TPSA) is 87.9 Å². The number of hydrogen-bond acceptors (Lipinski definition) is 4. The predicted molar refractivity (Wildman–Crippen MR) is 121 cm³/mol. The lowest BCUT2D eigenvalue weighted by molar-refractivity contribution is -0.137. The molecule has 6 heteroatoms. The van der Waals surface area contributed by atoms with Crippen LogP contribution in [0.15, 0.2) is 42.1 Å². The molecule has 0 aliphatic rings. The normalized spacial score (nSPS) is 11.7. The molecule has 0 amide bonds. The Morgan fingerprint density at radius 2 is 2.00 bits per heavy atom. The van der Waals surface area contributed by atoms with Crippen molar-refractivity contribution in [3.05, 3.63) is 64.6 Å². The van der Waals surface area contributed by atoms with Crippen LogP contribution in [0.5, 0.6) is 0 Å². The summed E-state index contributed by atoms with van der Waals surface area (Å²) in [6.07, 6.45) is 4.18. The molecule has 1 N–H and O–H groups in total. The molecule has 0 spiro atoms. The van der Waals surface area contributed by atoms with E-state index < -0.39 is 12.6 Å². The lowest BCUT2D eigenvalue weighted by Crippen LogP contribution is -2.15. The number of ether oxygens (including phenoxy) is 1. The third-order valence-electron chi connectivity index (χ3n) is 5.41. The molecule has 0 saturated heterocycles. The number of hydrogen-bond donors (Lipinski definition) is 1. The van der Waals surface area contributed by atoms with E-state index in [-0.39, 0.29) is 11.4 Å². The van der Waals surface area contributed by atoms with Crippen LogP contribution < -0.4 is 0 Å². The summed E-state index contributed by atoms with van der Waals surface area (Å²) in [5.74, 6) is -0.544. The van der Waals surface area contributed by atoms with Crippen molar-refractivity contribution in [2.24, 2.45) is 5.92 Å². The molecule has 2 heterocycles. The Kier molecular flexibility index (Phi) is 6.76. The van der Waals surface area contributed by atoms with Gasteiger partial charge in [-0.3, -0.25) is 4.79 Å². The van der Waals surface area contributed by atoms with E-state index in [2.05, 4.69) is 23.4 Å². The third kappa shape index (κ3) is 4.95. The highest BCUT2D eigenvalue weighted by molar-refractivity contribution is 6.09. The maximum absolute atomic E-state index is 12.5. The van der Waals surface area contributed by atoms with Gasteiger partial charge in [0.1, 0.15) is 11.6 Å². The number of H-pyrrole nitrogens is 1. The van der Waals surface area contributed by atoms with Crippen molar-refractivity contribution in [1.82, 2.24) is 9.55 Å². The summed E-state index contributed by atoms with van der Waals surface area (Å²) in [7, 11) is 0. The van der Waals surface area contributed by atoms with Gasteiger partial charge < -0.3 is 14.3 Å². The van der Waals surface area contributed by atoms with Crippen LogP contribution >= 0.6 is 0 Å². The fourth-order valence-corrected chi connectivity index (χ4v) is 3.59. The monoisotopic (exact) mass is 417 g/mol. The minimum atomic E-state index is -0.803. The zero-order valence-corrected chi connectivity index (χ0v) is 18.4. The number of aromatic nitrogens is 2. The molecule has 2 aromatic heterocycles.